The molecule has 1 aliphatic rings. The van der Waals surface area contributed by atoms with Gasteiger partial charge < -0.3 is 19.9 Å². The van der Waals surface area contributed by atoms with Crippen molar-refractivity contribution >= 4 is 11.7 Å². The smallest absolute Gasteiger partial charge is 0.306 e. The van der Waals surface area contributed by atoms with Gasteiger partial charge in [-0.25, -0.2) is 0 Å². The average Bonchev–Trinajstić information content (AvgIpc) is 2.69. The Morgan fingerprint density at radius 2 is 1.78 bits per heavy atom. The summed E-state index contributed by atoms with van der Waals surface area (Å²) in [5.74, 6) is 0.00893. The number of ether oxygens (including phenoxy) is 2. The van der Waals surface area contributed by atoms with E-state index in [1.807, 2.05) is 48.5 Å². The number of aliphatic carboxylic acids is 1. The third kappa shape index (κ3) is 6.29. The molecule has 0 heterocycles. The molecule has 0 bridgehead atoms. The summed E-state index contributed by atoms with van der Waals surface area (Å²) in [7, 11) is 0. The summed E-state index contributed by atoms with van der Waals surface area (Å²) in [5, 5.41) is 12.6. The molecule has 0 unspecified atom stereocenters. The number of hydrogen-bond acceptors (Lipinski definition) is 4. The van der Waals surface area contributed by atoms with E-state index in [0.29, 0.717) is 25.9 Å². The molecule has 0 spiro atoms. The summed E-state index contributed by atoms with van der Waals surface area (Å²) in [5.41, 5.74) is 2.18. The lowest BCUT2D eigenvalue weighted by Crippen LogP contribution is -2.29. The van der Waals surface area contributed by atoms with Crippen molar-refractivity contribution in [3.63, 3.8) is 0 Å². The molecular formula is C22H27NO4. The number of carboxylic acids is 1. The minimum absolute atomic E-state index is 0.180. The van der Waals surface area contributed by atoms with Crippen molar-refractivity contribution in [2.24, 2.45) is 5.92 Å². The lowest BCUT2D eigenvalue weighted by Gasteiger charge is -2.27. The fraction of sp³-hybridized carbons (Fsp3) is 0.409. The van der Waals surface area contributed by atoms with Crippen LogP contribution >= 0.6 is 0 Å². The second kappa shape index (κ2) is 9.97. The van der Waals surface area contributed by atoms with Crippen LogP contribution in [0.2, 0.25) is 0 Å². The topological polar surface area (TPSA) is 67.8 Å². The van der Waals surface area contributed by atoms with Crippen LogP contribution in [0.25, 0.3) is 0 Å². The minimum Gasteiger partial charge on any atom is -0.491 e. The molecule has 1 fully saturated rings. The highest BCUT2D eigenvalue weighted by Crippen LogP contribution is 2.27. The van der Waals surface area contributed by atoms with E-state index in [1.165, 1.54) is 0 Å². The van der Waals surface area contributed by atoms with Crippen LogP contribution in [0.5, 0.6) is 5.75 Å². The number of carboxylic acid groups (broad SMARTS) is 1. The Hall–Kier alpha value is -2.53. The predicted octanol–water partition coefficient (Wildman–Crippen LogP) is 4.34. The molecule has 2 aromatic carbocycles. The van der Waals surface area contributed by atoms with E-state index in [4.69, 9.17) is 14.6 Å². The van der Waals surface area contributed by atoms with Crippen molar-refractivity contribution in [1.82, 2.24) is 0 Å². The van der Waals surface area contributed by atoms with Crippen LogP contribution in [0, 0.1) is 5.92 Å². The summed E-state index contributed by atoms with van der Waals surface area (Å²) in [6, 6.07) is 18.3. The van der Waals surface area contributed by atoms with E-state index in [1.54, 1.807) is 0 Å². The zero-order valence-corrected chi connectivity index (χ0v) is 15.5. The summed E-state index contributed by atoms with van der Waals surface area (Å²) in [4.78, 5) is 11.0. The molecule has 0 saturated heterocycles. The Morgan fingerprint density at radius 1 is 1.00 bits per heavy atom. The SMILES string of the molecule is O=C(O)C1CCC(Nc2cccc(COCCOc3ccccc3)c2)CC1. The molecule has 5 heteroatoms. The first-order valence-corrected chi connectivity index (χ1v) is 9.54. The Morgan fingerprint density at radius 3 is 2.52 bits per heavy atom. The highest BCUT2D eigenvalue weighted by molar-refractivity contribution is 5.70. The van der Waals surface area contributed by atoms with E-state index < -0.39 is 5.97 Å². The van der Waals surface area contributed by atoms with Crippen molar-refractivity contribution < 1.29 is 19.4 Å². The number of anilines is 1. The third-order valence-corrected chi connectivity index (χ3v) is 4.88. The van der Waals surface area contributed by atoms with Gasteiger partial charge in [0.1, 0.15) is 12.4 Å². The van der Waals surface area contributed by atoms with Crippen molar-refractivity contribution in [3.8, 4) is 5.75 Å². The van der Waals surface area contributed by atoms with Gasteiger partial charge in [-0.3, -0.25) is 4.79 Å². The maximum absolute atomic E-state index is 11.0. The number of rotatable bonds is 9. The molecule has 0 aromatic heterocycles. The number of carbonyl (C=O) groups is 1. The molecule has 1 aliphatic carbocycles. The van der Waals surface area contributed by atoms with Crippen molar-refractivity contribution in [2.75, 3.05) is 18.5 Å². The number of benzene rings is 2. The standard InChI is InChI=1S/C22H27NO4/c24-22(25)18-9-11-19(12-10-18)23-20-6-4-5-17(15-20)16-26-13-14-27-21-7-2-1-3-8-21/h1-8,15,18-19,23H,9-14,16H2,(H,24,25). The van der Waals surface area contributed by atoms with Gasteiger partial charge in [-0.15, -0.1) is 0 Å². The fourth-order valence-electron chi connectivity index (χ4n) is 3.40. The molecule has 0 amide bonds. The average molecular weight is 369 g/mol. The fourth-order valence-corrected chi connectivity index (χ4v) is 3.40. The molecule has 3 rings (SSSR count). The first-order valence-electron chi connectivity index (χ1n) is 9.54. The van der Waals surface area contributed by atoms with Crippen LogP contribution in [-0.2, 0) is 16.1 Å². The Kier molecular flexibility index (Phi) is 7.11. The molecule has 2 aromatic rings. The summed E-state index contributed by atoms with van der Waals surface area (Å²) < 4.78 is 11.3. The maximum atomic E-state index is 11.0. The Bertz CT molecular complexity index is 711. The molecule has 144 valence electrons. The van der Waals surface area contributed by atoms with Crippen LogP contribution in [0.1, 0.15) is 31.2 Å². The van der Waals surface area contributed by atoms with Gasteiger partial charge in [0, 0.05) is 11.7 Å². The van der Waals surface area contributed by atoms with Gasteiger partial charge in [0.15, 0.2) is 0 Å². The molecule has 0 aliphatic heterocycles. The van der Waals surface area contributed by atoms with Gasteiger partial charge in [0.05, 0.1) is 19.1 Å². The highest BCUT2D eigenvalue weighted by Gasteiger charge is 2.25. The van der Waals surface area contributed by atoms with E-state index in [2.05, 4.69) is 11.4 Å². The molecular weight excluding hydrogens is 342 g/mol. The molecule has 27 heavy (non-hydrogen) atoms. The maximum Gasteiger partial charge on any atom is 0.306 e. The molecule has 0 radical (unpaired) electrons. The van der Waals surface area contributed by atoms with Gasteiger partial charge >= 0.3 is 5.97 Å². The monoisotopic (exact) mass is 369 g/mol. The number of hydrogen-bond donors (Lipinski definition) is 2. The van der Waals surface area contributed by atoms with E-state index in [9.17, 15) is 4.79 Å². The van der Waals surface area contributed by atoms with Crippen LogP contribution < -0.4 is 10.1 Å². The summed E-state index contributed by atoms with van der Waals surface area (Å²) >= 11 is 0. The lowest BCUT2D eigenvalue weighted by atomic mass is 9.86. The van der Waals surface area contributed by atoms with Crippen molar-refractivity contribution in [3.05, 3.63) is 60.2 Å². The van der Waals surface area contributed by atoms with Crippen molar-refractivity contribution in [2.45, 2.75) is 38.3 Å². The first kappa shape index (κ1) is 19.2. The normalized spacial score (nSPS) is 19.4. The summed E-state index contributed by atoms with van der Waals surface area (Å²) in [6.45, 7) is 1.60. The third-order valence-electron chi connectivity index (χ3n) is 4.88. The zero-order valence-electron chi connectivity index (χ0n) is 15.5. The first-order chi connectivity index (χ1) is 13.2. The molecule has 5 nitrogen and oxygen atoms in total. The molecule has 2 N–H and O–H groups in total. The molecule has 1 saturated carbocycles. The predicted molar refractivity (Wildman–Crippen MR) is 105 cm³/mol. The summed E-state index contributed by atoms with van der Waals surface area (Å²) in [6.07, 6.45) is 3.29. The van der Waals surface area contributed by atoms with Crippen LogP contribution in [0.4, 0.5) is 5.69 Å². The highest BCUT2D eigenvalue weighted by atomic mass is 16.5. The zero-order chi connectivity index (χ0) is 18.9. The largest absolute Gasteiger partial charge is 0.491 e. The van der Waals surface area contributed by atoms with E-state index in [-0.39, 0.29) is 5.92 Å². The number of nitrogens with one attached hydrogen (secondary N) is 1. The van der Waals surface area contributed by atoms with E-state index >= 15 is 0 Å². The van der Waals surface area contributed by atoms with Crippen molar-refractivity contribution in [1.29, 1.82) is 0 Å². The van der Waals surface area contributed by atoms with Crippen LogP contribution in [0.3, 0.4) is 0 Å². The minimum atomic E-state index is -0.663. The van der Waals surface area contributed by atoms with Crippen LogP contribution in [-0.4, -0.2) is 30.3 Å². The quantitative estimate of drug-likeness (QED) is 0.644. The Labute approximate surface area is 160 Å². The van der Waals surface area contributed by atoms with Gasteiger partial charge in [0.2, 0.25) is 0 Å². The molecule has 0 atom stereocenters. The van der Waals surface area contributed by atoms with Gasteiger partial charge in [0.25, 0.3) is 0 Å². The van der Waals surface area contributed by atoms with Crippen LogP contribution in [0.15, 0.2) is 54.6 Å². The van der Waals surface area contributed by atoms with Gasteiger partial charge in [-0.2, -0.15) is 0 Å². The Balaban J connectivity index is 1.38. The van der Waals surface area contributed by atoms with Gasteiger partial charge in [-0.05, 0) is 55.5 Å². The van der Waals surface area contributed by atoms with E-state index in [0.717, 1.165) is 42.7 Å². The second-order valence-electron chi connectivity index (χ2n) is 6.95. The number of para-hydroxylation sites is 1. The second-order valence-corrected chi connectivity index (χ2v) is 6.95. The van der Waals surface area contributed by atoms with Gasteiger partial charge in [-0.1, -0.05) is 30.3 Å². The lowest BCUT2D eigenvalue weighted by molar-refractivity contribution is -0.142.